The fraction of sp³-hybridized carbons (Fsp3) is 0.294. The van der Waals surface area contributed by atoms with Gasteiger partial charge in [0.05, 0.1) is 22.7 Å². The van der Waals surface area contributed by atoms with Crippen LogP contribution in [-0.2, 0) is 4.74 Å². The number of nitriles is 1. The lowest BCUT2D eigenvalue weighted by Gasteiger charge is -2.22. The molecule has 1 aromatic heterocycles. The second kappa shape index (κ2) is 7.82. The first-order valence-corrected chi connectivity index (χ1v) is 8.26. The first kappa shape index (κ1) is 17.0. The molecule has 124 valence electrons. The maximum Gasteiger partial charge on any atom is 0.234 e. The van der Waals surface area contributed by atoms with Gasteiger partial charge in [-0.25, -0.2) is 4.98 Å². The van der Waals surface area contributed by atoms with E-state index < -0.39 is 6.29 Å². The molecule has 0 amide bonds. The Hall–Kier alpha value is -1.84. The van der Waals surface area contributed by atoms with Crippen LogP contribution in [0.5, 0.6) is 5.88 Å². The maximum absolute atomic E-state index is 9.14. The summed E-state index contributed by atoms with van der Waals surface area (Å²) in [5, 5.41) is 13.4. The van der Waals surface area contributed by atoms with E-state index in [0.29, 0.717) is 22.2 Å². The summed E-state index contributed by atoms with van der Waals surface area (Å²) in [6.45, 7) is 1.28. The van der Waals surface area contributed by atoms with Crippen molar-refractivity contribution in [2.75, 3.05) is 13.1 Å². The number of ether oxygens (including phenoxy) is 2. The van der Waals surface area contributed by atoms with Crippen molar-refractivity contribution in [3.8, 4) is 11.9 Å². The molecule has 7 heteroatoms. The first-order chi connectivity index (χ1) is 11.7. The number of hydrogen-bond donors (Lipinski definition) is 1. The van der Waals surface area contributed by atoms with Crippen molar-refractivity contribution < 1.29 is 9.47 Å². The van der Waals surface area contributed by atoms with Crippen LogP contribution in [0, 0.1) is 11.3 Å². The fourth-order valence-corrected chi connectivity index (χ4v) is 2.78. The number of hydrogen-bond acceptors (Lipinski definition) is 5. The van der Waals surface area contributed by atoms with Gasteiger partial charge in [0, 0.05) is 6.20 Å². The van der Waals surface area contributed by atoms with Gasteiger partial charge in [-0.3, -0.25) is 0 Å². The van der Waals surface area contributed by atoms with E-state index in [4.69, 9.17) is 37.9 Å². The molecule has 0 bridgehead atoms. The van der Waals surface area contributed by atoms with E-state index in [-0.39, 0.29) is 12.0 Å². The summed E-state index contributed by atoms with van der Waals surface area (Å²) in [5.74, 6) is 0.265. The van der Waals surface area contributed by atoms with E-state index in [0.717, 1.165) is 18.5 Å². The molecule has 0 saturated carbocycles. The molecule has 2 atom stereocenters. The summed E-state index contributed by atoms with van der Waals surface area (Å²) >= 11 is 12.1. The molecule has 1 aliphatic rings. The minimum Gasteiger partial charge on any atom is -0.445 e. The molecule has 0 aliphatic carbocycles. The van der Waals surface area contributed by atoms with Crippen LogP contribution in [0.3, 0.4) is 0 Å². The van der Waals surface area contributed by atoms with Crippen molar-refractivity contribution in [3.63, 3.8) is 0 Å². The number of rotatable bonds is 3. The van der Waals surface area contributed by atoms with Crippen molar-refractivity contribution in [1.82, 2.24) is 10.3 Å². The molecule has 1 aliphatic heterocycles. The highest BCUT2D eigenvalue weighted by Crippen LogP contribution is 2.30. The molecule has 2 unspecified atom stereocenters. The molecule has 1 fully saturated rings. The third-order valence-electron chi connectivity index (χ3n) is 3.66. The standard InChI is InChI=1S/C17H15Cl2N3O2/c18-13-4-3-11(8-14(13)19)15-5-7-21-10-16(23-15)24-17-12(9-20)2-1-6-22-17/h1-4,6,8,15-16,21H,5,7,10H2. The maximum atomic E-state index is 9.14. The minimum absolute atomic E-state index is 0.186. The van der Waals surface area contributed by atoms with Gasteiger partial charge >= 0.3 is 0 Å². The Bertz CT molecular complexity index is 764. The van der Waals surface area contributed by atoms with E-state index in [1.54, 1.807) is 30.5 Å². The van der Waals surface area contributed by atoms with Crippen molar-refractivity contribution in [1.29, 1.82) is 5.26 Å². The normalized spacial score (nSPS) is 20.9. The molecule has 0 radical (unpaired) electrons. The number of nitrogens with one attached hydrogen (secondary N) is 1. The zero-order valence-electron chi connectivity index (χ0n) is 12.7. The predicted molar refractivity (Wildman–Crippen MR) is 91.1 cm³/mol. The van der Waals surface area contributed by atoms with Gasteiger partial charge in [0.1, 0.15) is 11.6 Å². The molecule has 0 spiro atoms. The topological polar surface area (TPSA) is 67.2 Å². The van der Waals surface area contributed by atoms with Crippen LogP contribution < -0.4 is 10.1 Å². The van der Waals surface area contributed by atoms with Gasteiger partial charge in [-0.05, 0) is 42.8 Å². The van der Waals surface area contributed by atoms with Crippen LogP contribution in [0.15, 0.2) is 36.5 Å². The predicted octanol–water partition coefficient (Wildman–Crippen LogP) is 3.72. The zero-order chi connectivity index (χ0) is 16.9. The van der Waals surface area contributed by atoms with Gasteiger partial charge in [0.15, 0.2) is 0 Å². The molecule has 24 heavy (non-hydrogen) atoms. The highest BCUT2D eigenvalue weighted by atomic mass is 35.5. The number of halogens is 2. The summed E-state index contributed by atoms with van der Waals surface area (Å²) < 4.78 is 11.8. The Morgan fingerprint density at radius 1 is 1.29 bits per heavy atom. The average Bonchev–Trinajstić information content (AvgIpc) is 2.83. The second-order valence-electron chi connectivity index (χ2n) is 5.31. The second-order valence-corrected chi connectivity index (χ2v) is 6.12. The van der Waals surface area contributed by atoms with Crippen molar-refractivity contribution in [3.05, 3.63) is 57.7 Å². The average molecular weight is 364 g/mol. The number of pyridine rings is 1. The Morgan fingerprint density at radius 3 is 2.96 bits per heavy atom. The third-order valence-corrected chi connectivity index (χ3v) is 4.40. The number of benzene rings is 1. The first-order valence-electron chi connectivity index (χ1n) is 7.50. The van der Waals surface area contributed by atoms with Crippen LogP contribution in [-0.4, -0.2) is 24.4 Å². The molecule has 1 saturated heterocycles. The van der Waals surface area contributed by atoms with E-state index >= 15 is 0 Å². The Balaban J connectivity index is 1.77. The summed E-state index contributed by atoms with van der Waals surface area (Å²) in [6, 6.07) is 10.9. The molecule has 1 aromatic carbocycles. The van der Waals surface area contributed by atoms with Gasteiger partial charge in [-0.1, -0.05) is 29.3 Å². The van der Waals surface area contributed by atoms with Crippen molar-refractivity contribution in [2.45, 2.75) is 18.8 Å². The van der Waals surface area contributed by atoms with Crippen LogP contribution >= 0.6 is 23.2 Å². The van der Waals surface area contributed by atoms with E-state index in [1.165, 1.54) is 0 Å². The lowest BCUT2D eigenvalue weighted by Crippen LogP contribution is -2.31. The van der Waals surface area contributed by atoms with Crippen LogP contribution in [0.1, 0.15) is 23.7 Å². The lowest BCUT2D eigenvalue weighted by molar-refractivity contribution is -0.112. The Labute approximate surface area is 150 Å². The Kier molecular flexibility index (Phi) is 5.54. The molecule has 5 nitrogen and oxygen atoms in total. The van der Waals surface area contributed by atoms with Gasteiger partial charge in [-0.15, -0.1) is 0 Å². The molecule has 2 heterocycles. The lowest BCUT2D eigenvalue weighted by atomic mass is 10.1. The molecule has 2 aromatic rings. The molecular weight excluding hydrogens is 349 g/mol. The highest BCUT2D eigenvalue weighted by Gasteiger charge is 2.24. The summed E-state index contributed by atoms with van der Waals surface area (Å²) in [5.41, 5.74) is 1.31. The van der Waals surface area contributed by atoms with E-state index in [2.05, 4.69) is 16.4 Å². The van der Waals surface area contributed by atoms with Gasteiger partial charge in [0.2, 0.25) is 12.2 Å². The highest BCUT2D eigenvalue weighted by molar-refractivity contribution is 6.42. The van der Waals surface area contributed by atoms with Gasteiger partial charge in [-0.2, -0.15) is 5.26 Å². The molecule has 1 N–H and O–H groups in total. The minimum atomic E-state index is -0.561. The van der Waals surface area contributed by atoms with E-state index in [1.807, 2.05) is 6.07 Å². The molecule has 3 rings (SSSR count). The van der Waals surface area contributed by atoms with Crippen LogP contribution in [0.4, 0.5) is 0 Å². The fourth-order valence-electron chi connectivity index (χ4n) is 2.47. The quantitative estimate of drug-likeness (QED) is 0.899. The molecular formula is C17H15Cl2N3O2. The van der Waals surface area contributed by atoms with Gasteiger partial charge < -0.3 is 14.8 Å². The smallest absolute Gasteiger partial charge is 0.234 e. The summed E-state index contributed by atoms with van der Waals surface area (Å²) in [4.78, 5) is 4.11. The zero-order valence-corrected chi connectivity index (χ0v) is 14.2. The van der Waals surface area contributed by atoms with E-state index in [9.17, 15) is 0 Å². The summed E-state index contributed by atoms with van der Waals surface area (Å²) in [7, 11) is 0. The van der Waals surface area contributed by atoms with Gasteiger partial charge in [0.25, 0.3) is 0 Å². The monoisotopic (exact) mass is 363 g/mol. The SMILES string of the molecule is N#Cc1cccnc1OC1CNCCC(c2ccc(Cl)c(Cl)c2)O1. The van der Waals surface area contributed by atoms with Crippen molar-refractivity contribution in [2.24, 2.45) is 0 Å². The third kappa shape index (κ3) is 3.97. The number of nitrogens with zero attached hydrogens (tertiary/aromatic N) is 2. The summed E-state index contributed by atoms with van der Waals surface area (Å²) in [6.07, 6.45) is 1.60. The van der Waals surface area contributed by atoms with Crippen LogP contribution in [0.2, 0.25) is 10.0 Å². The largest absolute Gasteiger partial charge is 0.445 e. The number of aromatic nitrogens is 1. The van der Waals surface area contributed by atoms with Crippen LogP contribution in [0.25, 0.3) is 0 Å². The van der Waals surface area contributed by atoms with Crippen molar-refractivity contribution >= 4 is 23.2 Å². The Morgan fingerprint density at radius 2 is 2.17 bits per heavy atom.